The summed E-state index contributed by atoms with van der Waals surface area (Å²) in [5.74, 6) is -1.21. The second-order valence-electron chi connectivity index (χ2n) is 6.15. The lowest BCUT2D eigenvalue weighted by Gasteiger charge is -2.14. The Kier molecular flexibility index (Phi) is 6.64. The molecule has 0 spiro atoms. The molecule has 0 radical (unpaired) electrons. The Bertz CT molecular complexity index is 880. The van der Waals surface area contributed by atoms with Crippen molar-refractivity contribution in [1.29, 1.82) is 0 Å². The summed E-state index contributed by atoms with van der Waals surface area (Å²) < 4.78 is 10.5. The number of anilines is 2. The molecule has 0 saturated carbocycles. The highest BCUT2D eigenvalue weighted by atomic mass is 32.1. The molecule has 1 heterocycles. The number of esters is 2. The van der Waals surface area contributed by atoms with Crippen molar-refractivity contribution in [3.05, 3.63) is 46.3 Å². The molecular formula is C20H22N2O4S2. The van der Waals surface area contributed by atoms with Crippen LogP contribution in [0.15, 0.2) is 30.3 Å². The molecule has 0 aliphatic heterocycles. The number of carbonyl (C=O) groups is 2. The predicted octanol–water partition coefficient (Wildman–Crippen LogP) is 4.33. The van der Waals surface area contributed by atoms with E-state index < -0.39 is 11.9 Å². The maximum Gasteiger partial charge on any atom is 0.341 e. The van der Waals surface area contributed by atoms with E-state index in [9.17, 15) is 9.59 Å². The van der Waals surface area contributed by atoms with Crippen molar-refractivity contribution in [2.45, 2.75) is 32.6 Å². The van der Waals surface area contributed by atoms with Gasteiger partial charge in [-0.05, 0) is 56.6 Å². The normalized spacial score (nSPS) is 14.9. The molecule has 0 fully saturated rings. The van der Waals surface area contributed by atoms with E-state index in [4.69, 9.17) is 21.7 Å². The first-order valence-corrected chi connectivity index (χ1v) is 10.4. The fraction of sp³-hybridized carbons (Fsp3) is 0.350. The zero-order valence-electron chi connectivity index (χ0n) is 15.7. The zero-order chi connectivity index (χ0) is 20.1. The van der Waals surface area contributed by atoms with Crippen molar-refractivity contribution in [2.75, 3.05) is 23.8 Å². The van der Waals surface area contributed by atoms with Crippen molar-refractivity contribution in [1.82, 2.24) is 0 Å². The molecule has 1 aromatic carbocycles. The fourth-order valence-electron chi connectivity index (χ4n) is 3.22. The molecule has 8 heteroatoms. The topological polar surface area (TPSA) is 76.7 Å². The number of rotatable bonds is 6. The van der Waals surface area contributed by atoms with E-state index >= 15 is 0 Å². The minimum absolute atomic E-state index is 0.250. The quantitative estimate of drug-likeness (QED) is 0.534. The summed E-state index contributed by atoms with van der Waals surface area (Å²) in [4.78, 5) is 26.1. The van der Waals surface area contributed by atoms with Gasteiger partial charge in [0, 0.05) is 10.6 Å². The van der Waals surface area contributed by atoms with E-state index in [2.05, 4.69) is 10.6 Å². The third-order valence-corrected chi connectivity index (χ3v) is 5.72. The second-order valence-corrected chi connectivity index (χ2v) is 7.67. The molecule has 148 valence electrons. The van der Waals surface area contributed by atoms with E-state index in [1.54, 1.807) is 13.8 Å². The number of ether oxygens (including phenoxy) is 2. The van der Waals surface area contributed by atoms with Crippen LogP contribution in [0, 0.1) is 0 Å². The van der Waals surface area contributed by atoms with Gasteiger partial charge in [0.25, 0.3) is 0 Å². The number of hydrogen-bond donors (Lipinski definition) is 2. The van der Waals surface area contributed by atoms with E-state index in [0.29, 0.717) is 34.3 Å². The largest absolute Gasteiger partial charge is 0.466 e. The molecule has 0 saturated heterocycles. The van der Waals surface area contributed by atoms with Crippen LogP contribution in [0.3, 0.4) is 0 Å². The van der Waals surface area contributed by atoms with Crippen molar-refractivity contribution in [2.24, 2.45) is 0 Å². The SMILES string of the molecule is CCOC(=O)c1c(NC(=S)Nc2ccccc2)sc2c1[C@@H](C(=O)OCC)CC2. The van der Waals surface area contributed by atoms with Crippen LogP contribution in [-0.2, 0) is 20.7 Å². The van der Waals surface area contributed by atoms with Gasteiger partial charge in [-0.15, -0.1) is 11.3 Å². The number of aryl methyl sites for hydroxylation is 1. The second kappa shape index (κ2) is 9.16. The van der Waals surface area contributed by atoms with Gasteiger partial charge in [-0.2, -0.15) is 0 Å². The van der Waals surface area contributed by atoms with Gasteiger partial charge in [0.15, 0.2) is 5.11 Å². The first-order valence-electron chi connectivity index (χ1n) is 9.17. The number of benzene rings is 1. The average molecular weight is 419 g/mol. The van der Waals surface area contributed by atoms with Crippen LogP contribution in [-0.4, -0.2) is 30.3 Å². The molecule has 0 amide bonds. The molecule has 0 unspecified atom stereocenters. The summed E-state index contributed by atoms with van der Waals surface area (Å²) in [5, 5.41) is 7.15. The summed E-state index contributed by atoms with van der Waals surface area (Å²) in [6.07, 6.45) is 1.36. The highest BCUT2D eigenvalue weighted by molar-refractivity contribution is 7.80. The smallest absolute Gasteiger partial charge is 0.341 e. The minimum Gasteiger partial charge on any atom is -0.466 e. The Morgan fingerprint density at radius 2 is 1.86 bits per heavy atom. The van der Waals surface area contributed by atoms with Crippen molar-refractivity contribution in [3.8, 4) is 0 Å². The lowest BCUT2D eigenvalue weighted by atomic mass is 9.99. The number of thiophene rings is 1. The minimum atomic E-state index is -0.457. The van der Waals surface area contributed by atoms with E-state index in [-0.39, 0.29) is 12.6 Å². The van der Waals surface area contributed by atoms with E-state index in [1.807, 2.05) is 30.3 Å². The maximum atomic E-state index is 12.7. The van der Waals surface area contributed by atoms with Gasteiger partial charge in [0.05, 0.1) is 24.7 Å². The molecule has 28 heavy (non-hydrogen) atoms. The summed E-state index contributed by atoms with van der Waals surface area (Å²) in [7, 11) is 0. The van der Waals surface area contributed by atoms with Crippen molar-refractivity contribution < 1.29 is 19.1 Å². The third kappa shape index (κ3) is 4.34. The summed E-state index contributed by atoms with van der Waals surface area (Å²) in [6.45, 7) is 4.08. The molecular weight excluding hydrogens is 396 g/mol. The van der Waals surface area contributed by atoms with Crippen LogP contribution in [0.25, 0.3) is 0 Å². The lowest BCUT2D eigenvalue weighted by molar-refractivity contribution is -0.144. The Labute approximate surface area is 173 Å². The maximum absolute atomic E-state index is 12.7. The molecule has 6 nitrogen and oxygen atoms in total. The van der Waals surface area contributed by atoms with Gasteiger partial charge >= 0.3 is 11.9 Å². The van der Waals surface area contributed by atoms with Gasteiger partial charge in [0.1, 0.15) is 5.00 Å². The van der Waals surface area contributed by atoms with Gasteiger partial charge < -0.3 is 20.1 Å². The zero-order valence-corrected chi connectivity index (χ0v) is 17.4. The monoisotopic (exact) mass is 418 g/mol. The number of para-hydroxylation sites is 1. The highest BCUT2D eigenvalue weighted by Crippen LogP contribution is 2.46. The predicted molar refractivity (Wildman–Crippen MR) is 114 cm³/mol. The fourth-order valence-corrected chi connectivity index (χ4v) is 4.78. The lowest BCUT2D eigenvalue weighted by Crippen LogP contribution is -2.21. The Balaban J connectivity index is 1.89. The molecule has 3 rings (SSSR count). The van der Waals surface area contributed by atoms with Gasteiger partial charge in [0.2, 0.25) is 0 Å². The summed E-state index contributed by atoms with van der Waals surface area (Å²) >= 11 is 6.83. The Morgan fingerprint density at radius 1 is 1.14 bits per heavy atom. The molecule has 1 aromatic heterocycles. The van der Waals surface area contributed by atoms with Gasteiger partial charge in [-0.1, -0.05) is 18.2 Å². The van der Waals surface area contributed by atoms with Crippen LogP contribution in [0.2, 0.25) is 0 Å². The number of hydrogen-bond acceptors (Lipinski definition) is 6. The molecule has 0 bridgehead atoms. The van der Waals surface area contributed by atoms with E-state index in [0.717, 1.165) is 17.0 Å². The van der Waals surface area contributed by atoms with E-state index in [1.165, 1.54) is 11.3 Å². The first-order chi connectivity index (χ1) is 13.5. The molecule has 1 atom stereocenters. The molecule has 1 aliphatic rings. The molecule has 2 aromatic rings. The van der Waals surface area contributed by atoms with Crippen LogP contribution in [0.4, 0.5) is 10.7 Å². The Morgan fingerprint density at radius 3 is 2.54 bits per heavy atom. The highest BCUT2D eigenvalue weighted by Gasteiger charge is 2.38. The van der Waals surface area contributed by atoms with Crippen LogP contribution < -0.4 is 10.6 Å². The van der Waals surface area contributed by atoms with Gasteiger partial charge in [-0.25, -0.2) is 4.79 Å². The van der Waals surface area contributed by atoms with Crippen LogP contribution >= 0.6 is 23.6 Å². The van der Waals surface area contributed by atoms with Gasteiger partial charge in [-0.3, -0.25) is 4.79 Å². The van der Waals surface area contributed by atoms with Crippen molar-refractivity contribution >= 4 is 51.3 Å². The average Bonchev–Trinajstić information content (AvgIpc) is 3.21. The standard InChI is InChI=1S/C20H22N2O4S2/c1-3-25-18(23)13-10-11-14-15(13)16(19(24)26-4-2)17(28-14)22-20(27)21-12-8-6-5-7-9-12/h5-9,13H,3-4,10-11H2,1-2H3,(H2,21,22,27)/t13-/m0/s1. The molecule has 2 N–H and O–H groups in total. The third-order valence-electron chi connectivity index (χ3n) is 4.34. The summed E-state index contributed by atoms with van der Waals surface area (Å²) in [6, 6.07) is 9.51. The molecule has 1 aliphatic carbocycles. The Hall–Kier alpha value is -2.45. The van der Waals surface area contributed by atoms with Crippen LogP contribution in [0.1, 0.15) is 47.0 Å². The summed E-state index contributed by atoms with van der Waals surface area (Å²) in [5.41, 5.74) is 1.94. The number of carbonyl (C=O) groups excluding carboxylic acids is 2. The number of nitrogens with one attached hydrogen (secondary N) is 2. The number of thiocarbonyl (C=S) groups is 1. The van der Waals surface area contributed by atoms with Crippen LogP contribution in [0.5, 0.6) is 0 Å². The van der Waals surface area contributed by atoms with Crippen molar-refractivity contribution in [3.63, 3.8) is 0 Å². The number of fused-ring (bicyclic) bond motifs is 1. The first kappa shape index (κ1) is 20.3.